The van der Waals surface area contributed by atoms with E-state index < -0.39 is 5.82 Å². The first kappa shape index (κ1) is 14.1. The molecule has 3 nitrogen and oxygen atoms in total. The molecule has 0 heterocycles. The fourth-order valence-corrected chi connectivity index (χ4v) is 2.48. The van der Waals surface area contributed by atoms with Crippen LogP contribution in [0.1, 0.15) is 32.6 Å². The van der Waals surface area contributed by atoms with E-state index in [2.05, 4.69) is 10.6 Å². The summed E-state index contributed by atoms with van der Waals surface area (Å²) in [5, 5.41) is 6.09. The van der Waals surface area contributed by atoms with Gasteiger partial charge in [0.05, 0.1) is 5.02 Å². The Morgan fingerprint density at radius 2 is 2.11 bits per heavy atom. The number of amides is 1. The maximum atomic E-state index is 13.0. The molecule has 1 fully saturated rings. The van der Waals surface area contributed by atoms with Crippen LogP contribution in [0.5, 0.6) is 0 Å². The van der Waals surface area contributed by atoms with Gasteiger partial charge in [-0.2, -0.15) is 0 Å². The summed E-state index contributed by atoms with van der Waals surface area (Å²) in [5.74, 6) is -0.498. The fourth-order valence-electron chi connectivity index (χ4n) is 2.30. The van der Waals surface area contributed by atoms with Crippen LogP contribution in [0.25, 0.3) is 0 Å². The third kappa shape index (κ3) is 3.83. The molecule has 1 aromatic carbocycles. The second-order valence-corrected chi connectivity index (χ2v) is 5.39. The first-order valence-corrected chi connectivity index (χ1v) is 6.96. The molecule has 2 N–H and O–H groups in total. The van der Waals surface area contributed by atoms with Crippen molar-refractivity contribution >= 4 is 23.2 Å². The first-order valence-electron chi connectivity index (χ1n) is 6.58. The van der Waals surface area contributed by atoms with Gasteiger partial charge >= 0.3 is 0 Å². The van der Waals surface area contributed by atoms with Crippen molar-refractivity contribution in [2.24, 2.45) is 0 Å². The minimum absolute atomic E-state index is 0.0349. The van der Waals surface area contributed by atoms with Crippen LogP contribution in [0.3, 0.4) is 0 Å². The van der Waals surface area contributed by atoms with Gasteiger partial charge in [0.25, 0.3) is 0 Å². The molecular weight excluding hydrogens is 267 g/mol. The van der Waals surface area contributed by atoms with E-state index in [1.165, 1.54) is 25.0 Å². The predicted molar refractivity (Wildman–Crippen MR) is 74.9 cm³/mol. The average molecular weight is 285 g/mol. The summed E-state index contributed by atoms with van der Waals surface area (Å²) >= 11 is 5.70. The Hall–Kier alpha value is -1.29. The molecular formula is C14H18ClFN2O. The highest BCUT2D eigenvalue weighted by atomic mass is 35.5. The lowest BCUT2D eigenvalue weighted by Crippen LogP contribution is -2.42. The summed E-state index contributed by atoms with van der Waals surface area (Å²) in [5.41, 5.74) is 0.639. The molecule has 0 spiro atoms. The van der Waals surface area contributed by atoms with Gasteiger partial charge in [0, 0.05) is 11.7 Å². The van der Waals surface area contributed by atoms with Crippen molar-refractivity contribution in [3.63, 3.8) is 0 Å². The lowest BCUT2D eigenvalue weighted by molar-refractivity contribution is -0.122. The van der Waals surface area contributed by atoms with Crippen molar-refractivity contribution < 1.29 is 9.18 Å². The van der Waals surface area contributed by atoms with Gasteiger partial charge in [0.15, 0.2) is 0 Å². The van der Waals surface area contributed by atoms with Crippen LogP contribution < -0.4 is 10.6 Å². The number of benzene rings is 1. The van der Waals surface area contributed by atoms with Crippen LogP contribution in [0.2, 0.25) is 5.02 Å². The smallest absolute Gasteiger partial charge is 0.242 e. The zero-order valence-electron chi connectivity index (χ0n) is 10.9. The molecule has 1 aliphatic carbocycles. The summed E-state index contributed by atoms with van der Waals surface area (Å²) < 4.78 is 13.0. The Labute approximate surface area is 117 Å². The molecule has 0 aliphatic heterocycles. The number of carbonyl (C=O) groups is 1. The number of anilines is 1. The van der Waals surface area contributed by atoms with Gasteiger partial charge in [-0.15, -0.1) is 0 Å². The van der Waals surface area contributed by atoms with Crippen LogP contribution >= 0.6 is 11.6 Å². The molecule has 0 radical (unpaired) electrons. The van der Waals surface area contributed by atoms with E-state index in [9.17, 15) is 9.18 Å². The number of rotatable bonds is 4. The van der Waals surface area contributed by atoms with Crippen LogP contribution in [-0.2, 0) is 4.79 Å². The van der Waals surface area contributed by atoms with E-state index >= 15 is 0 Å². The average Bonchev–Trinajstić information content (AvgIpc) is 2.86. The van der Waals surface area contributed by atoms with Crippen molar-refractivity contribution in [3.8, 4) is 0 Å². The third-order valence-corrected chi connectivity index (χ3v) is 3.69. The van der Waals surface area contributed by atoms with E-state index in [0.717, 1.165) is 12.8 Å². The third-order valence-electron chi connectivity index (χ3n) is 3.40. The highest BCUT2D eigenvalue weighted by Crippen LogP contribution is 2.20. The molecule has 19 heavy (non-hydrogen) atoms. The molecule has 1 aliphatic rings. The van der Waals surface area contributed by atoms with Crippen molar-refractivity contribution in [1.29, 1.82) is 0 Å². The van der Waals surface area contributed by atoms with Crippen molar-refractivity contribution in [3.05, 3.63) is 29.0 Å². The summed E-state index contributed by atoms with van der Waals surface area (Å²) in [6.45, 7) is 1.78. The highest BCUT2D eigenvalue weighted by Gasteiger charge is 2.20. The van der Waals surface area contributed by atoms with Gasteiger partial charge in [0.2, 0.25) is 5.91 Å². The minimum Gasteiger partial charge on any atom is -0.374 e. The summed E-state index contributed by atoms with van der Waals surface area (Å²) in [7, 11) is 0. The van der Waals surface area contributed by atoms with Crippen molar-refractivity contribution in [2.75, 3.05) is 5.32 Å². The number of hydrogen-bond donors (Lipinski definition) is 2. The zero-order valence-corrected chi connectivity index (χ0v) is 11.6. The summed E-state index contributed by atoms with van der Waals surface area (Å²) in [6, 6.07) is 4.26. The quantitative estimate of drug-likeness (QED) is 0.890. The lowest BCUT2D eigenvalue weighted by atomic mass is 10.2. The van der Waals surface area contributed by atoms with E-state index in [1.54, 1.807) is 13.0 Å². The Morgan fingerprint density at radius 3 is 2.74 bits per heavy atom. The van der Waals surface area contributed by atoms with Crippen molar-refractivity contribution in [1.82, 2.24) is 5.32 Å². The summed E-state index contributed by atoms with van der Waals surface area (Å²) in [4.78, 5) is 12.0. The van der Waals surface area contributed by atoms with Gasteiger partial charge in [0.1, 0.15) is 11.9 Å². The van der Waals surface area contributed by atoms with Crippen LogP contribution in [0.15, 0.2) is 18.2 Å². The maximum Gasteiger partial charge on any atom is 0.242 e. The standard InChI is InChI=1S/C14H18ClFN2O/c1-9(14(19)18-10-4-2-3-5-10)17-11-6-7-13(16)12(15)8-11/h6-10,17H,2-5H2,1H3,(H,18,19)/t9-/m0/s1. The van der Waals surface area contributed by atoms with E-state index in [-0.39, 0.29) is 17.0 Å². The number of hydrogen-bond acceptors (Lipinski definition) is 2. The maximum absolute atomic E-state index is 13.0. The molecule has 104 valence electrons. The van der Waals surface area contributed by atoms with E-state index in [0.29, 0.717) is 11.7 Å². The molecule has 1 atom stereocenters. The zero-order chi connectivity index (χ0) is 13.8. The fraction of sp³-hybridized carbons (Fsp3) is 0.500. The SMILES string of the molecule is C[C@H](Nc1ccc(F)c(Cl)c1)C(=O)NC1CCCC1. The van der Waals surface area contributed by atoms with Gasteiger partial charge < -0.3 is 10.6 Å². The Balaban J connectivity index is 1.90. The molecule has 0 saturated heterocycles. The van der Waals surface area contributed by atoms with Crippen LogP contribution in [0, 0.1) is 5.82 Å². The lowest BCUT2D eigenvalue weighted by Gasteiger charge is -2.18. The number of halogens is 2. The highest BCUT2D eigenvalue weighted by molar-refractivity contribution is 6.31. The monoisotopic (exact) mass is 284 g/mol. The van der Waals surface area contributed by atoms with E-state index in [1.807, 2.05) is 0 Å². The second-order valence-electron chi connectivity index (χ2n) is 4.98. The normalized spacial score (nSPS) is 17.2. The van der Waals surface area contributed by atoms with Crippen molar-refractivity contribution in [2.45, 2.75) is 44.7 Å². The predicted octanol–water partition coefficient (Wildman–Crippen LogP) is 3.34. The molecule has 2 rings (SSSR count). The molecule has 0 aromatic heterocycles. The number of carbonyl (C=O) groups excluding carboxylic acids is 1. The van der Waals surface area contributed by atoms with Gasteiger partial charge in [-0.1, -0.05) is 24.4 Å². The van der Waals surface area contributed by atoms with Gasteiger partial charge in [-0.3, -0.25) is 4.79 Å². The Kier molecular flexibility index (Phi) is 4.64. The van der Waals surface area contributed by atoms with Gasteiger partial charge in [-0.25, -0.2) is 4.39 Å². The molecule has 1 aromatic rings. The molecule has 1 amide bonds. The molecule has 5 heteroatoms. The summed E-state index contributed by atoms with van der Waals surface area (Å²) in [6.07, 6.45) is 4.47. The molecule has 0 unspecified atom stereocenters. The number of nitrogens with one attached hydrogen (secondary N) is 2. The minimum atomic E-state index is -0.463. The molecule has 0 bridgehead atoms. The Bertz CT molecular complexity index is 461. The van der Waals surface area contributed by atoms with E-state index in [4.69, 9.17) is 11.6 Å². The molecule has 1 saturated carbocycles. The largest absolute Gasteiger partial charge is 0.374 e. The topological polar surface area (TPSA) is 41.1 Å². The second kappa shape index (κ2) is 6.24. The van der Waals surface area contributed by atoms with Crippen LogP contribution in [-0.4, -0.2) is 18.0 Å². The Morgan fingerprint density at radius 1 is 1.42 bits per heavy atom. The van der Waals surface area contributed by atoms with Crippen LogP contribution in [0.4, 0.5) is 10.1 Å². The van der Waals surface area contributed by atoms with Gasteiger partial charge in [-0.05, 0) is 38.0 Å². The first-order chi connectivity index (χ1) is 9.06.